The largest absolute Gasteiger partial charge is 0.481 e. The zero-order valence-corrected chi connectivity index (χ0v) is 11.3. The molecule has 0 bridgehead atoms. The summed E-state index contributed by atoms with van der Waals surface area (Å²) in [6.07, 6.45) is 3.22. The van der Waals surface area contributed by atoms with Gasteiger partial charge < -0.3 is 15.7 Å². The van der Waals surface area contributed by atoms with Crippen LogP contribution in [0.1, 0.15) is 39.0 Å². The van der Waals surface area contributed by atoms with Crippen LogP contribution < -0.4 is 5.73 Å². The molecular formula is C13H22N2O4. The standard InChI is InChI=1S/C13H22N2O4/c1-2-3-6-15(8-11(14)16)12(17)9-4-5-10(7-9)13(18)19/h9-10H,2-8H2,1H3,(H2,14,16)(H,18,19)/t9-,10+/m1/s1. The molecule has 0 aliphatic heterocycles. The molecule has 6 nitrogen and oxygen atoms in total. The Morgan fingerprint density at radius 2 is 1.89 bits per heavy atom. The number of carbonyl (C=O) groups excluding carboxylic acids is 2. The molecule has 0 aromatic carbocycles. The first-order valence-corrected chi connectivity index (χ1v) is 6.75. The zero-order chi connectivity index (χ0) is 14.4. The molecule has 19 heavy (non-hydrogen) atoms. The third-order valence-corrected chi connectivity index (χ3v) is 3.57. The fraction of sp³-hybridized carbons (Fsp3) is 0.769. The van der Waals surface area contributed by atoms with E-state index in [1.165, 1.54) is 4.90 Å². The first-order valence-electron chi connectivity index (χ1n) is 6.75. The Balaban J connectivity index is 2.60. The molecule has 0 unspecified atom stereocenters. The second kappa shape index (κ2) is 7.11. The van der Waals surface area contributed by atoms with Gasteiger partial charge in [0.25, 0.3) is 0 Å². The van der Waals surface area contributed by atoms with Crippen molar-refractivity contribution in [3.63, 3.8) is 0 Å². The van der Waals surface area contributed by atoms with Gasteiger partial charge in [-0.25, -0.2) is 0 Å². The van der Waals surface area contributed by atoms with E-state index in [1.807, 2.05) is 6.92 Å². The number of hydrogen-bond donors (Lipinski definition) is 2. The van der Waals surface area contributed by atoms with E-state index in [4.69, 9.17) is 10.8 Å². The molecule has 2 amide bonds. The highest BCUT2D eigenvalue weighted by molar-refractivity contribution is 5.86. The molecule has 1 rings (SSSR count). The molecule has 0 radical (unpaired) electrons. The van der Waals surface area contributed by atoms with Crippen molar-refractivity contribution in [2.24, 2.45) is 17.6 Å². The van der Waals surface area contributed by atoms with Crippen LogP contribution in [0.5, 0.6) is 0 Å². The number of carboxylic acids is 1. The van der Waals surface area contributed by atoms with E-state index >= 15 is 0 Å². The average Bonchev–Trinajstić information content (AvgIpc) is 2.82. The summed E-state index contributed by atoms with van der Waals surface area (Å²) in [5, 5.41) is 8.94. The molecule has 108 valence electrons. The third-order valence-electron chi connectivity index (χ3n) is 3.57. The van der Waals surface area contributed by atoms with Crippen LogP contribution in [0.3, 0.4) is 0 Å². The Kier molecular flexibility index (Phi) is 5.79. The smallest absolute Gasteiger partial charge is 0.306 e. The van der Waals surface area contributed by atoms with E-state index in [9.17, 15) is 14.4 Å². The lowest BCUT2D eigenvalue weighted by Gasteiger charge is -2.24. The number of hydrogen-bond acceptors (Lipinski definition) is 3. The summed E-state index contributed by atoms with van der Waals surface area (Å²) < 4.78 is 0. The van der Waals surface area contributed by atoms with Crippen LogP contribution in [0.4, 0.5) is 0 Å². The van der Waals surface area contributed by atoms with E-state index in [1.54, 1.807) is 0 Å². The van der Waals surface area contributed by atoms with Crippen LogP contribution in [-0.4, -0.2) is 40.9 Å². The van der Waals surface area contributed by atoms with Crippen LogP contribution >= 0.6 is 0 Å². The van der Waals surface area contributed by atoms with Gasteiger partial charge in [-0.15, -0.1) is 0 Å². The molecule has 1 fully saturated rings. The van der Waals surface area contributed by atoms with E-state index < -0.39 is 17.8 Å². The van der Waals surface area contributed by atoms with E-state index in [2.05, 4.69) is 0 Å². The Hall–Kier alpha value is -1.59. The van der Waals surface area contributed by atoms with Gasteiger partial charge in [0.15, 0.2) is 0 Å². The number of amides is 2. The summed E-state index contributed by atoms with van der Waals surface area (Å²) in [5.41, 5.74) is 5.15. The number of aliphatic carboxylic acids is 1. The number of rotatable bonds is 7. The van der Waals surface area contributed by atoms with E-state index in [0.717, 1.165) is 12.8 Å². The second-order valence-electron chi connectivity index (χ2n) is 5.12. The van der Waals surface area contributed by atoms with Gasteiger partial charge in [0, 0.05) is 12.5 Å². The third kappa shape index (κ3) is 4.54. The molecular weight excluding hydrogens is 248 g/mol. The fourth-order valence-electron chi connectivity index (χ4n) is 2.49. The quantitative estimate of drug-likeness (QED) is 0.707. The number of nitrogens with two attached hydrogens (primary N) is 1. The van der Waals surface area contributed by atoms with Gasteiger partial charge in [0.2, 0.25) is 11.8 Å². The van der Waals surface area contributed by atoms with Gasteiger partial charge in [0.1, 0.15) is 0 Å². The van der Waals surface area contributed by atoms with Crippen molar-refractivity contribution in [2.45, 2.75) is 39.0 Å². The molecule has 3 N–H and O–H groups in total. The predicted molar refractivity (Wildman–Crippen MR) is 69.1 cm³/mol. The molecule has 0 saturated heterocycles. The fourth-order valence-corrected chi connectivity index (χ4v) is 2.49. The lowest BCUT2D eigenvalue weighted by atomic mass is 10.0. The van der Waals surface area contributed by atoms with Crippen LogP contribution in [0.2, 0.25) is 0 Å². The van der Waals surface area contributed by atoms with E-state index in [0.29, 0.717) is 25.8 Å². The first kappa shape index (κ1) is 15.5. The van der Waals surface area contributed by atoms with Gasteiger partial charge in [-0.05, 0) is 25.7 Å². The number of carboxylic acid groups (broad SMARTS) is 1. The number of primary amides is 1. The van der Waals surface area contributed by atoms with Crippen molar-refractivity contribution < 1.29 is 19.5 Å². The highest BCUT2D eigenvalue weighted by Crippen LogP contribution is 2.32. The van der Waals surface area contributed by atoms with Crippen LogP contribution in [0.15, 0.2) is 0 Å². The highest BCUT2D eigenvalue weighted by atomic mass is 16.4. The maximum atomic E-state index is 12.3. The van der Waals surface area contributed by atoms with Crippen LogP contribution in [0, 0.1) is 11.8 Å². The normalized spacial score (nSPS) is 22.2. The number of nitrogens with zero attached hydrogens (tertiary/aromatic N) is 1. The summed E-state index contributed by atoms with van der Waals surface area (Å²) in [5.74, 6) is -2.22. The van der Waals surface area contributed by atoms with Gasteiger partial charge in [-0.3, -0.25) is 14.4 Å². The maximum absolute atomic E-state index is 12.3. The lowest BCUT2D eigenvalue weighted by Crippen LogP contribution is -2.41. The molecule has 2 atom stereocenters. The number of unbranched alkanes of at least 4 members (excludes halogenated alkanes) is 1. The van der Waals surface area contributed by atoms with Crippen molar-refractivity contribution in [3.05, 3.63) is 0 Å². The van der Waals surface area contributed by atoms with Crippen molar-refractivity contribution in [1.82, 2.24) is 4.90 Å². The van der Waals surface area contributed by atoms with Crippen LogP contribution in [-0.2, 0) is 14.4 Å². The molecule has 1 aliphatic rings. The molecule has 0 spiro atoms. The Labute approximate surface area is 112 Å². The molecule has 1 saturated carbocycles. The van der Waals surface area contributed by atoms with E-state index in [-0.39, 0.29) is 18.4 Å². The monoisotopic (exact) mass is 270 g/mol. The summed E-state index contributed by atoms with van der Waals surface area (Å²) in [4.78, 5) is 35.6. The lowest BCUT2D eigenvalue weighted by molar-refractivity contribution is -0.142. The molecule has 6 heteroatoms. The molecule has 0 aromatic rings. The van der Waals surface area contributed by atoms with Crippen molar-refractivity contribution in [3.8, 4) is 0 Å². The minimum Gasteiger partial charge on any atom is -0.481 e. The maximum Gasteiger partial charge on any atom is 0.306 e. The van der Waals surface area contributed by atoms with Crippen molar-refractivity contribution in [1.29, 1.82) is 0 Å². The molecule has 0 aromatic heterocycles. The van der Waals surface area contributed by atoms with Gasteiger partial charge >= 0.3 is 5.97 Å². The van der Waals surface area contributed by atoms with Gasteiger partial charge in [-0.1, -0.05) is 13.3 Å². The van der Waals surface area contributed by atoms with Crippen LogP contribution in [0.25, 0.3) is 0 Å². The Bertz CT molecular complexity index is 357. The zero-order valence-electron chi connectivity index (χ0n) is 11.3. The highest BCUT2D eigenvalue weighted by Gasteiger charge is 2.35. The van der Waals surface area contributed by atoms with Gasteiger partial charge in [-0.2, -0.15) is 0 Å². The molecule has 1 aliphatic carbocycles. The molecule has 0 heterocycles. The Morgan fingerprint density at radius 3 is 2.37 bits per heavy atom. The topological polar surface area (TPSA) is 101 Å². The minimum atomic E-state index is -0.842. The number of carbonyl (C=O) groups is 3. The predicted octanol–water partition coefficient (Wildman–Crippen LogP) is 0.601. The summed E-state index contributed by atoms with van der Waals surface area (Å²) in [7, 11) is 0. The van der Waals surface area contributed by atoms with Crippen molar-refractivity contribution >= 4 is 17.8 Å². The minimum absolute atomic E-state index is 0.0763. The van der Waals surface area contributed by atoms with Crippen molar-refractivity contribution in [2.75, 3.05) is 13.1 Å². The summed E-state index contributed by atoms with van der Waals surface area (Å²) >= 11 is 0. The first-order chi connectivity index (χ1) is 8.95. The SMILES string of the molecule is CCCCN(CC(N)=O)C(=O)[C@@H]1CC[C@H](C(=O)O)C1. The summed E-state index contributed by atoms with van der Waals surface area (Å²) in [6, 6.07) is 0. The van der Waals surface area contributed by atoms with Gasteiger partial charge in [0.05, 0.1) is 12.5 Å². The summed E-state index contributed by atoms with van der Waals surface area (Å²) in [6.45, 7) is 2.43. The average molecular weight is 270 g/mol. The Morgan fingerprint density at radius 1 is 1.26 bits per heavy atom. The second-order valence-corrected chi connectivity index (χ2v) is 5.12.